The molecule has 0 unspecified atom stereocenters. The van der Waals surface area contributed by atoms with Gasteiger partial charge >= 0.3 is 12.1 Å². The van der Waals surface area contributed by atoms with Gasteiger partial charge in [-0.2, -0.15) is 17.5 Å². The van der Waals surface area contributed by atoms with Crippen molar-refractivity contribution in [2.24, 2.45) is 0 Å². The Morgan fingerprint density at radius 2 is 1.70 bits per heavy atom. The number of amides is 1. The predicted molar refractivity (Wildman–Crippen MR) is 117 cm³/mol. The average molecular weight is 496 g/mol. The van der Waals surface area contributed by atoms with E-state index in [0.717, 1.165) is 37.1 Å². The van der Waals surface area contributed by atoms with Gasteiger partial charge in [-0.3, -0.25) is 4.79 Å². The van der Waals surface area contributed by atoms with E-state index in [2.05, 4.69) is 5.32 Å². The van der Waals surface area contributed by atoms with E-state index in [1.165, 1.54) is 4.31 Å². The van der Waals surface area contributed by atoms with Gasteiger partial charge in [0.1, 0.15) is 0 Å². The first kappa shape index (κ1) is 28.9. The molecule has 2 rings (SSSR count). The second kappa shape index (κ2) is 12.9. The Kier molecular flexibility index (Phi) is 11.3. The van der Waals surface area contributed by atoms with Gasteiger partial charge in [0.05, 0.1) is 4.90 Å². The SMILES string of the molecule is CCCCN(CCC(=O)N1CCNCC1)S(=O)(=O)c1ccc(C)c(C)c1.O=C(O)C(F)(F)F. The molecule has 1 aliphatic rings. The highest BCUT2D eigenvalue weighted by atomic mass is 32.2. The summed E-state index contributed by atoms with van der Waals surface area (Å²) in [5.41, 5.74) is 2.02. The fraction of sp³-hybridized carbons (Fsp3) is 0.619. The molecule has 1 aliphatic heterocycles. The zero-order valence-corrected chi connectivity index (χ0v) is 19.9. The minimum Gasteiger partial charge on any atom is -0.475 e. The molecule has 0 bridgehead atoms. The Labute approximate surface area is 192 Å². The third-order valence-electron chi connectivity index (χ3n) is 5.16. The number of sulfonamides is 1. The molecule has 1 aromatic rings. The number of carboxylic acid groups (broad SMARTS) is 1. The minimum absolute atomic E-state index is 0.0308. The van der Waals surface area contributed by atoms with Gasteiger partial charge < -0.3 is 15.3 Å². The van der Waals surface area contributed by atoms with E-state index in [9.17, 15) is 26.4 Å². The molecule has 1 fully saturated rings. The van der Waals surface area contributed by atoms with Crippen molar-refractivity contribution in [2.75, 3.05) is 39.3 Å². The molecule has 1 amide bonds. The van der Waals surface area contributed by atoms with Gasteiger partial charge in [-0.05, 0) is 43.5 Å². The number of unbranched alkanes of at least 4 members (excludes halogenated alkanes) is 1. The molecule has 8 nitrogen and oxygen atoms in total. The van der Waals surface area contributed by atoms with Crippen LogP contribution < -0.4 is 5.32 Å². The van der Waals surface area contributed by atoms with Gasteiger partial charge in [-0.1, -0.05) is 19.4 Å². The topological polar surface area (TPSA) is 107 Å². The quantitative estimate of drug-likeness (QED) is 0.574. The van der Waals surface area contributed by atoms with Crippen molar-refractivity contribution in [1.82, 2.24) is 14.5 Å². The van der Waals surface area contributed by atoms with Crippen LogP contribution in [0.1, 0.15) is 37.3 Å². The summed E-state index contributed by atoms with van der Waals surface area (Å²) < 4.78 is 59.4. The van der Waals surface area contributed by atoms with Crippen LogP contribution in [0.3, 0.4) is 0 Å². The maximum absolute atomic E-state index is 13.1. The van der Waals surface area contributed by atoms with Crippen LogP contribution in [0.2, 0.25) is 0 Å². The third kappa shape index (κ3) is 9.30. The number of aryl methyl sites for hydroxylation is 2. The van der Waals surface area contributed by atoms with Crippen LogP contribution in [0, 0.1) is 13.8 Å². The zero-order chi connectivity index (χ0) is 25.2. The molecule has 1 heterocycles. The lowest BCUT2D eigenvalue weighted by molar-refractivity contribution is -0.192. The fourth-order valence-corrected chi connectivity index (χ4v) is 4.57. The van der Waals surface area contributed by atoms with Gasteiger partial charge in [0.25, 0.3) is 0 Å². The Balaban J connectivity index is 0.000000675. The maximum Gasteiger partial charge on any atom is 0.490 e. The van der Waals surface area contributed by atoms with Crippen molar-refractivity contribution >= 4 is 21.9 Å². The molecular weight excluding hydrogens is 463 g/mol. The van der Waals surface area contributed by atoms with E-state index in [1.807, 2.05) is 31.7 Å². The molecule has 0 radical (unpaired) electrons. The number of nitrogens with one attached hydrogen (secondary N) is 1. The first-order valence-electron chi connectivity index (χ1n) is 10.7. The number of halogens is 3. The van der Waals surface area contributed by atoms with Crippen LogP contribution in [0.15, 0.2) is 23.1 Å². The molecule has 188 valence electrons. The molecule has 12 heteroatoms. The third-order valence-corrected chi connectivity index (χ3v) is 7.06. The molecule has 33 heavy (non-hydrogen) atoms. The lowest BCUT2D eigenvalue weighted by Crippen LogP contribution is -2.47. The number of alkyl halides is 3. The summed E-state index contributed by atoms with van der Waals surface area (Å²) in [6.07, 6.45) is -3.16. The van der Waals surface area contributed by atoms with Gasteiger partial charge in [0.15, 0.2) is 0 Å². The largest absolute Gasteiger partial charge is 0.490 e. The van der Waals surface area contributed by atoms with Gasteiger partial charge in [0, 0.05) is 45.7 Å². The maximum atomic E-state index is 13.1. The lowest BCUT2D eigenvalue weighted by Gasteiger charge is -2.29. The van der Waals surface area contributed by atoms with Crippen molar-refractivity contribution in [3.05, 3.63) is 29.3 Å². The van der Waals surface area contributed by atoms with Crippen LogP contribution in [0.5, 0.6) is 0 Å². The highest BCUT2D eigenvalue weighted by Crippen LogP contribution is 2.20. The number of rotatable bonds is 8. The Morgan fingerprint density at radius 3 is 2.18 bits per heavy atom. The number of piperazine rings is 1. The van der Waals surface area contributed by atoms with Crippen molar-refractivity contribution in [2.45, 2.75) is 51.1 Å². The van der Waals surface area contributed by atoms with E-state index < -0.39 is 22.2 Å². The van der Waals surface area contributed by atoms with Crippen molar-refractivity contribution in [3.63, 3.8) is 0 Å². The van der Waals surface area contributed by atoms with Crippen molar-refractivity contribution in [3.8, 4) is 0 Å². The smallest absolute Gasteiger partial charge is 0.475 e. The van der Waals surface area contributed by atoms with Crippen LogP contribution in [-0.4, -0.2) is 80.1 Å². The summed E-state index contributed by atoms with van der Waals surface area (Å²) in [7, 11) is -3.59. The number of aliphatic carboxylic acids is 1. The summed E-state index contributed by atoms with van der Waals surface area (Å²) in [6.45, 7) is 9.57. The van der Waals surface area contributed by atoms with E-state index >= 15 is 0 Å². The molecule has 0 aliphatic carbocycles. The number of hydrogen-bond acceptors (Lipinski definition) is 5. The molecule has 0 spiro atoms. The lowest BCUT2D eigenvalue weighted by atomic mass is 10.1. The van der Waals surface area contributed by atoms with Gasteiger partial charge in [-0.15, -0.1) is 0 Å². The summed E-state index contributed by atoms with van der Waals surface area (Å²) in [5.74, 6) is -2.73. The monoisotopic (exact) mass is 495 g/mol. The number of carbonyl (C=O) groups is 2. The molecule has 2 N–H and O–H groups in total. The average Bonchev–Trinajstić information content (AvgIpc) is 2.75. The van der Waals surface area contributed by atoms with Crippen molar-refractivity contribution < 1.29 is 36.3 Å². The Morgan fingerprint density at radius 1 is 1.12 bits per heavy atom. The number of benzene rings is 1. The first-order chi connectivity index (χ1) is 15.3. The molecule has 0 aromatic heterocycles. The van der Waals surface area contributed by atoms with Crippen LogP contribution in [0.25, 0.3) is 0 Å². The number of carboxylic acids is 1. The van der Waals surface area contributed by atoms with E-state index in [0.29, 0.717) is 24.5 Å². The van der Waals surface area contributed by atoms with Gasteiger partial charge in [0.2, 0.25) is 15.9 Å². The second-order valence-electron chi connectivity index (χ2n) is 7.69. The molecule has 1 aromatic carbocycles. The fourth-order valence-electron chi connectivity index (χ4n) is 3.00. The highest BCUT2D eigenvalue weighted by molar-refractivity contribution is 7.89. The Bertz CT molecular complexity index is 901. The Hall–Kier alpha value is -2.18. The summed E-state index contributed by atoms with van der Waals surface area (Å²) >= 11 is 0. The van der Waals surface area contributed by atoms with Crippen LogP contribution >= 0.6 is 0 Å². The van der Waals surface area contributed by atoms with Crippen LogP contribution in [-0.2, 0) is 19.6 Å². The standard InChI is InChI=1S/C19H31N3O3S.C2HF3O2/c1-4-5-11-22(12-8-19(23)21-13-9-20-10-14-21)26(24,25)18-7-6-16(2)17(3)15-18;3-2(4,5)1(6)7/h6-7,15,20H,4-5,8-14H2,1-3H3;(H,6,7). The predicted octanol–water partition coefficient (Wildman–Crippen LogP) is 2.55. The van der Waals surface area contributed by atoms with E-state index in [4.69, 9.17) is 9.90 Å². The molecular formula is C21H32F3N3O5S. The molecule has 0 saturated carbocycles. The number of nitrogens with zero attached hydrogens (tertiary/aromatic N) is 2. The van der Waals surface area contributed by atoms with E-state index in [-0.39, 0.29) is 18.9 Å². The normalized spacial score (nSPS) is 14.6. The van der Waals surface area contributed by atoms with Gasteiger partial charge in [-0.25, -0.2) is 13.2 Å². The second-order valence-corrected chi connectivity index (χ2v) is 9.63. The number of carbonyl (C=O) groups excluding carboxylic acids is 1. The minimum atomic E-state index is -5.08. The number of hydrogen-bond donors (Lipinski definition) is 2. The van der Waals surface area contributed by atoms with Crippen molar-refractivity contribution in [1.29, 1.82) is 0 Å². The summed E-state index contributed by atoms with van der Waals surface area (Å²) in [5, 5.41) is 10.3. The molecule has 1 saturated heterocycles. The van der Waals surface area contributed by atoms with E-state index in [1.54, 1.807) is 12.1 Å². The molecule has 0 atom stereocenters. The van der Waals surface area contributed by atoms with Crippen LogP contribution in [0.4, 0.5) is 13.2 Å². The summed E-state index contributed by atoms with van der Waals surface area (Å²) in [6, 6.07) is 5.22. The highest BCUT2D eigenvalue weighted by Gasteiger charge is 2.38. The summed E-state index contributed by atoms with van der Waals surface area (Å²) in [4.78, 5) is 23.4. The first-order valence-corrected chi connectivity index (χ1v) is 12.1. The zero-order valence-electron chi connectivity index (χ0n) is 19.1.